The van der Waals surface area contributed by atoms with Gasteiger partial charge in [0, 0.05) is 5.56 Å². The summed E-state index contributed by atoms with van der Waals surface area (Å²) in [4.78, 5) is 12.3. The summed E-state index contributed by atoms with van der Waals surface area (Å²) in [5.41, 5.74) is 1.04. The predicted octanol–water partition coefficient (Wildman–Crippen LogP) is 2.59. The van der Waals surface area contributed by atoms with Gasteiger partial charge in [0.05, 0.1) is 5.75 Å². The van der Waals surface area contributed by atoms with Gasteiger partial charge >= 0.3 is 0 Å². The van der Waals surface area contributed by atoms with Crippen molar-refractivity contribution in [2.75, 3.05) is 5.75 Å². The van der Waals surface area contributed by atoms with Gasteiger partial charge in [-0.1, -0.05) is 6.42 Å². The molecule has 1 aliphatic heterocycles. The van der Waals surface area contributed by atoms with Crippen molar-refractivity contribution in [2.24, 2.45) is 0 Å². The molecule has 0 N–H and O–H groups in total. The molecule has 1 aromatic rings. The standard InChI is InChI=1S/C14H17FO3S/c1-9-7-11(8-10(2)13(9)15)14(16)12-5-3-4-6-19(12,17)18/h7-8,12H,3-6H2,1-2H3. The first-order valence-electron chi connectivity index (χ1n) is 6.35. The summed E-state index contributed by atoms with van der Waals surface area (Å²) in [6.45, 7) is 3.16. The van der Waals surface area contributed by atoms with E-state index in [0.29, 0.717) is 29.5 Å². The molecule has 0 radical (unpaired) electrons. The molecule has 1 aliphatic rings. The molecule has 1 fully saturated rings. The van der Waals surface area contributed by atoms with Gasteiger partial charge in [0.25, 0.3) is 0 Å². The number of carbonyl (C=O) groups excluding carboxylic acids is 1. The Balaban J connectivity index is 2.39. The van der Waals surface area contributed by atoms with E-state index in [9.17, 15) is 17.6 Å². The van der Waals surface area contributed by atoms with Crippen LogP contribution < -0.4 is 0 Å². The second kappa shape index (κ2) is 5.04. The minimum atomic E-state index is -3.35. The minimum Gasteiger partial charge on any atom is -0.293 e. The van der Waals surface area contributed by atoms with Crippen LogP contribution in [0, 0.1) is 19.7 Å². The average molecular weight is 284 g/mol. The summed E-state index contributed by atoms with van der Waals surface area (Å²) in [6.07, 6.45) is 1.74. The summed E-state index contributed by atoms with van der Waals surface area (Å²) >= 11 is 0. The summed E-state index contributed by atoms with van der Waals surface area (Å²) < 4.78 is 37.4. The lowest BCUT2D eigenvalue weighted by Crippen LogP contribution is -2.35. The fourth-order valence-corrected chi connectivity index (χ4v) is 4.40. The minimum absolute atomic E-state index is 0.0720. The van der Waals surface area contributed by atoms with Crippen molar-refractivity contribution >= 4 is 15.6 Å². The van der Waals surface area contributed by atoms with Crippen LogP contribution in [0.2, 0.25) is 0 Å². The van der Waals surface area contributed by atoms with E-state index in [0.717, 1.165) is 6.42 Å². The number of Topliss-reactive ketones (excluding diaryl/α,β-unsaturated/α-hetero) is 1. The summed E-state index contributed by atoms with van der Waals surface area (Å²) in [5.74, 6) is -0.670. The molecule has 0 saturated carbocycles. The van der Waals surface area contributed by atoms with Crippen LogP contribution in [0.4, 0.5) is 4.39 Å². The lowest BCUT2D eigenvalue weighted by Gasteiger charge is -2.21. The van der Waals surface area contributed by atoms with Gasteiger partial charge in [-0.25, -0.2) is 12.8 Å². The lowest BCUT2D eigenvalue weighted by atomic mass is 9.99. The molecule has 0 aromatic heterocycles. The molecule has 19 heavy (non-hydrogen) atoms. The first-order chi connectivity index (χ1) is 8.83. The number of sulfone groups is 1. The highest BCUT2D eigenvalue weighted by Gasteiger charge is 2.35. The number of hydrogen-bond acceptors (Lipinski definition) is 3. The van der Waals surface area contributed by atoms with Gasteiger partial charge in [-0.15, -0.1) is 0 Å². The fourth-order valence-electron chi connectivity index (χ4n) is 2.52. The van der Waals surface area contributed by atoms with Crippen LogP contribution in [0.3, 0.4) is 0 Å². The van der Waals surface area contributed by atoms with Gasteiger partial charge in [0.15, 0.2) is 15.6 Å². The molecule has 1 aromatic carbocycles. The third-order valence-corrected chi connectivity index (χ3v) is 5.77. The number of aryl methyl sites for hydroxylation is 2. The Bertz CT molecular complexity index is 597. The van der Waals surface area contributed by atoms with Crippen LogP contribution in [-0.2, 0) is 9.84 Å². The second-order valence-corrected chi connectivity index (χ2v) is 7.44. The highest BCUT2D eigenvalue weighted by molar-refractivity contribution is 7.92. The van der Waals surface area contributed by atoms with Crippen molar-refractivity contribution in [1.29, 1.82) is 0 Å². The maximum Gasteiger partial charge on any atom is 0.180 e. The topological polar surface area (TPSA) is 51.2 Å². The summed E-state index contributed by atoms with van der Waals surface area (Å²) in [5, 5.41) is -0.953. The Morgan fingerprint density at radius 3 is 2.32 bits per heavy atom. The first-order valence-corrected chi connectivity index (χ1v) is 8.07. The number of rotatable bonds is 2. The molecular formula is C14H17FO3S. The molecule has 0 bridgehead atoms. The molecule has 1 atom stereocenters. The highest BCUT2D eigenvalue weighted by atomic mass is 32.2. The van der Waals surface area contributed by atoms with Crippen LogP contribution in [0.25, 0.3) is 0 Å². The summed E-state index contributed by atoms with van der Waals surface area (Å²) in [7, 11) is -3.35. The zero-order chi connectivity index (χ0) is 14.2. The SMILES string of the molecule is Cc1cc(C(=O)C2CCCCS2(=O)=O)cc(C)c1F. The molecule has 3 nitrogen and oxygen atoms in total. The van der Waals surface area contributed by atoms with Crippen LogP contribution >= 0.6 is 0 Å². The van der Waals surface area contributed by atoms with E-state index in [4.69, 9.17) is 0 Å². The van der Waals surface area contributed by atoms with Crippen LogP contribution in [0.1, 0.15) is 40.7 Å². The second-order valence-electron chi connectivity index (χ2n) is 5.14. The summed E-state index contributed by atoms with van der Waals surface area (Å²) in [6, 6.07) is 2.88. The normalized spacial score (nSPS) is 22.2. The van der Waals surface area contributed by atoms with Crippen molar-refractivity contribution < 1.29 is 17.6 Å². The number of benzene rings is 1. The first kappa shape index (κ1) is 14.2. The van der Waals surface area contributed by atoms with E-state index in [1.807, 2.05) is 0 Å². The number of halogens is 1. The van der Waals surface area contributed by atoms with E-state index in [-0.39, 0.29) is 11.6 Å². The molecule has 0 amide bonds. The molecule has 1 unspecified atom stereocenters. The van der Waals surface area contributed by atoms with E-state index >= 15 is 0 Å². The van der Waals surface area contributed by atoms with Gasteiger partial charge in [0.2, 0.25) is 0 Å². The Morgan fingerprint density at radius 1 is 1.21 bits per heavy atom. The monoisotopic (exact) mass is 284 g/mol. The fraction of sp³-hybridized carbons (Fsp3) is 0.500. The molecule has 5 heteroatoms. The Hall–Kier alpha value is -1.23. The van der Waals surface area contributed by atoms with Gasteiger partial charge in [-0.3, -0.25) is 4.79 Å². The van der Waals surface area contributed by atoms with Gasteiger partial charge in [-0.2, -0.15) is 0 Å². The number of hydrogen-bond donors (Lipinski definition) is 0. The predicted molar refractivity (Wildman–Crippen MR) is 71.6 cm³/mol. The average Bonchev–Trinajstić information content (AvgIpc) is 2.34. The highest BCUT2D eigenvalue weighted by Crippen LogP contribution is 2.24. The molecule has 2 rings (SSSR count). The van der Waals surface area contributed by atoms with Gasteiger partial charge < -0.3 is 0 Å². The molecule has 0 aliphatic carbocycles. The zero-order valence-electron chi connectivity index (χ0n) is 11.1. The van der Waals surface area contributed by atoms with Crippen molar-refractivity contribution in [3.8, 4) is 0 Å². The molecule has 1 saturated heterocycles. The maximum absolute atomic E-state index is 13.5. The van der Waals surface area contributed by atoms with Crippen LogP contribution in [0.5, 0.6) is 0 Å². The van der Waals surface area contributed by atoms with Crippen molar-refractivity contribution in [3.63, 3.8) is 0 Å². The third kappa shape index (κ3) is 2.71. The molecule has 0 spiro atoms. The Kier molecular flexibility index (Phi) is 3.76. The molecule has 104 valence electrons. The van der Waals surface area contributed by atoms with E-state index < -0.39 is 20.9 Å². The van der Waals surface area contributed by atoms with E-state index in [1.165, 1.54) is 12.1 Å². The molecule has 1 heterocycles. The van der Waals surface area contributed by atoms with Gasteiger partial charge in [0.1, 0.15) is 11.1 Å². The maximum atomic E-state index is 13.5. The Labute approximate surface area is 112 Å². The van der Waals surface area contributed by atoms with Crippen molar-refractivity contribution in [3.05, 3.63) is 34.6 Å². The lowest BCUT2D eigenvalue weighted by molar-refractivity contribution is 0.0981. The van der Waals surface area contributed by atoms with Crippen molar-refractivity contribution in [2.45, 2.75) is 38.4 Å². The number of carbonyl (C=O) groups is 1. The third-order valence-electron chi connectivity index (χ3n) is 3.59. The van der Waals surface area contributed by atoms with Gasteiger partial charge in [-0.05, 0) is 49.9 Å². The van der Waals surface area contributed by atoms with Crippen molar-refractivity contribution in [1.82, 2.24) is 0 Å². The Morgan fingerprint density at radius 2 is 1.79 bits per heavy atom. The van der Waals surface area contributed by atoms with E-state index in [1.54, 1.807) is 13.8 Å². The quantitative estimate of drug-likeness (QED) is 0.784. The smallest absolute Gasteiger partial charge is 0.180 e. The number of ketones is 1. The van der Waals surface area contributed by atoms with Crippen LogP contribution in [0.15, 0.2) is 12.1 Å². The largest absolute Gasteiger partial charge is 0.293 e. The van der Waals surface area contributed by atoms with Crippen LogP contribution in [-0.4, -0.2) is 25.2 Å². The zero-order valence-corrected chi connectivity index (χ0v) is 11.9. The molecular weight excluding hydrogens is 267 g/mol. The van der Waals surface area contributed by atoms with E-state index in [2.05, 4.69) is 0 Å².